The number of para-hydroxylation sites is 1. The Balaban J connectivity index is 1.81. The van der Waals surface area contributed by atoms with Gasteiger partial charge in [0.2, 0.25) is 0 Å². The van der Waals surface area contributed by atoms with Crippen LogP contribution in [0.2, 0.25) is 0 Å². The number of ether oxygens (including phenoxy) is 1. The highest BCUT2D eigenvalue weighted by Crippen LogP contribution is 2.45. The maximum absolute atomic E-state index is 13.0. The SMILES string of the molecule is Cc1cccc(C)c1OC(=O)[C@H](C)[C@H](O)C1(Sc2ccccc2)CCN(C)CC1. The molecule has 3 rings (SSSR count). The van der Waals surface area contributed by atoms with Gasteiger partial charge in [-0.2, -0.15) is 0 Å². The first-order valence-electron chi connectivity index (χ1n) is 10.2. The summed E-state index contributed by atoms with van der Waals surface area (Å²) in [7, 11) is 2.10. The summed E-state index contributed by atoms with van der Waals surface area (Å²) in [6.07, 6.45) is 0.856. The van der Waals surface area contributed by atoms with Crippen LogP contribution in [0.25, 0.3) is 0 Å². The number of aliphatic hydroxyl groups excluding tert-OH is 1. The molecule has 2 atom stereocenters. The first-order valence-corrected chi connectivity index (χ1v) is 11.0. The number of likely N-dealkylation sites (tertiary alicyclic amines) is 1. The molecule has 0 unspecified atom stereocenters. The van der Waals surface area contributed by atoms with Crippen molar-refractivity contribution in [2.24, 2.45) is 5.92 Å². The first kappa shape index (κ1) is 21.9. The Hall–Kier alpha value is -1.82. The van der Waals surface area contributed by atoms with E-state index in [1.807, 2.05) is 50.2 Å². The minimum atomic E-state index is -0.793. The number of esters is 1. The van der Waals surface area contributed by atoms with Crippen LogP contribution >= 0.6 is 11.8 Å². The molecule has 0 aliphatic carbocycles. The second-order valence-electron chi connectivity index (χ2n) is 8.16. The summed E-state index contributed by atoms with van der Waals surface area (Å²) in [5, 5.41) is 11.4. The zero-order valence-corrected chi connectivity index (χ0v) is 18.5. The number of carbonyl (C=O) groups is 1. The van der Waals surface area contributed by atoms with Crippen molar-refractivity contribution in [1.29, 1.82) is 0 Å². The highest BCUT2D eigenvalue weighted by molar-refractivity contribution is 8.00. The molecule has 156 valence electrons. The molecule has 0 bridgehead atoms. The van der Waals surface area contributed by atoms with Crippen LogP contribution in [0, 0.1) is 19.8 Å². The molecule has 1 N–H and O–H groups in total. The Kier molecular flexibility index (Phi) is 7.04. The van der Waals surface area contributed by atoms with Gasteiger partial charge in [0.1, 0.15) is 5.75 Å². The van der Waals surface area contributed by atoms with E-state index in [1.165, 1.54) is 0 Å². The normalized spacial score (nSPS) is 18.8. The van der Waals surface area contributed by atoms with Crippen LogP contribution in [0.3, 0.4) is 0 Å². The molecule has 0 saturated carbocycles. The van der Waals surface area contributed by atoms with Crippen molar-refractivity contribution in [1.82, 2.24) is 4.90 Å². The van der Waals surface area contributed by atoms with Crippen LogP contribution in [0.5, 0.6) is 5.75 Å². The van der Waals surface area contributed by atoms with Crippen molar-refractivity contribution in [3.63, 3.8) is 0 Å². The summed E-state index contributed by atoms with van der Waals surface area (Å²) in [5.74, 6) is -0.389. The summed E-state index contributed by atoms with van der Waals surface area (Å²) >= 11 is 1.70. The number of aryl methyl sites for hydroxylation is 2. The summed E-state index contributed by atoms with van der Waals surface area (Å²) in [5.41, 5.74) is 1.85. The predicted molar refractivity (Wildman–Crippen MR) is 118 cm³/mol. The van der Waals surface area contributed by atoms with E-state index < -0.39 is 16.8 Å². The zero-order chi connectivity index (χ0) is 21.0. The second kappa shape index (κ2) is 9.33. The molecule has 2 aromatic carbocycles. The van der Waals surface area contributed by atoms with Gasteiger partial charge in [0, 0.05) is 9.64 Å². The standard InChI is InChI=1S/C24H31NO3S/c1-17-9-8-10-18(2)21(17)28-23(27)19(3)22(26)24(13-15-25(4)16-14-24)29-20-11-6-5-7-12-20/h5-12,19,22,26H,13-16H2,1-4H3/t19-,22+/m1/s1. The second-order valence-corrected chi connectivity index (χ2v) is 9.65. The maximum atomic E-state index is 13.0. The fourth-order valence-electron chi connectivity index (χ4n) is 3.92. The number of piperidine rings is 1. The molecule has 0 amide bonds. The van der Waals surface area contributed by atoms with Crippen molar-refractivity contribution in [3.8, 4) is 5.75 Å². The molecule has 1 aliphatic heterocycles. The van der Waals surface area contributed by atoms with Gasteiger partial charge in [-0.15, -0.1) is 11.8 Å². The van der Waals surface area contributed by atoms with Gasteiger partial charge in [-0.1, -0.05) is 36.4 Å². The van der Waals surface area contributed by atoms with Crippen LogP contribution in [-0.2, 0) is 4.79 Å². The topological polar surface area (TPSA) is 49.8 Å². The van der Waals surface area contributed by atoms with Crippen molar-refractivity contribution < 1.29 is 14.6 Å². The lowest BCUT2D eigenvalue weighted by Crippen LogP contribution is -2.52. The van der Waals surface area contributed by atoms with Crippen LogP contribution in [0.15, 0.2) is 53.4 Å². The van der Waals surface area contributed by atoms with Crippen LogP contribution in [0.1, 0.15) is 30.9 Å². The summed E-state index contributed by atoms with van der Waals surface area (Å²) in [4.78, 5) is 16.3. The van der Waals surface area contributed by atoms with E-state index in [1.54, 1.807) is 18.7 Å². The summed E-state index contributed by atoms with van der Waals surface area (Å²) in [6, 6.07) is 16.0. The van der Waals surface area contributed by atoms with Gasteiger partial charge in [-0.25, -0.2) is 0 Å². The third kappa shape index (κ3) is 5.03. The molecule has 4 nitrogen and oxygen atoms in total. The van der Waals surface area contributed by atoms with E-state index in [0.29, 0.717) is 5.75 Å². The Labute approximate surface area is 178 Å². The summed E-state index contributed by atoms with van der Waals surface area (Å²) < 4.78 is 5.34. The molecular weight excluding hydrogens is 382 g/mol. The molecule has 1 fully saturated rings. The molecule has 0 spiro atoms. The first-order chi connectivity index (χ1) is 13.8. The average molecular weight is 414 g/mol. The van der Waals surface area contributed by atoms with E-state index in [0.717, 1.165) is 42.0 Å². The Morgan fingerprint density at radius 2 is 1.66 bits per heavy atom. The third-order valence-corrected chi connectivity index (χ3v) is 7.46. The minimum absolute atomic E-state index is 0.373. The number of hydrogen-bond acceptors (Lipinski definition) is 5. The van der Waals surface area contributed by atoms with Gasteiger partial charge < -0.3 is 14.7 Å². The van der Waals surface area contributed by atoms with E-state index in [9.17, 15) is 9.90 Å². The maximum Gasteiger partial charge on any atom is 0.316 e. The van der Waals surface area contributed by atoms with Gasteiger partial charge >= 0.3 is 5.97 Å². The lowest BCUT2D eigenvalue weighted by Gasteiger charge is -2.44. The smallest absolute Gasteiger partial charge is 0.316 e. The van der Waals surface area contributed by atoms with Gasteiger partial charge in [-0.05, 0) is 77.0 Å². The Morgan fingerprint density at radius 3 is 2.24 bits per heavy atom. The van der Waals surface area contributed by atoms with Gasteiger partial charge in [-0.3, -0.25) is 4.79 Å². The molecular formula is C24H31NO3S. The number of benzene rings is 2. The minimum Gasteiger partial charge on any atom is -0.426 e. The van der Waals surface area contributed by atoms with Gasteiger partial charge in [0.05, 0.1) is 12.0 Å². The predicted octanol–water partition coefficient (Wildman–Crippen LogP) is 4.46. The van der Waals surface area contributed by atoms with E-state index in [2.05, 4.69) is 24.1 Å². The summed E-state index contributed by atoms with van der Waals surface area (Å²) in [6.45, 7) is 7.44. The molecule has 29 heavy (non-hydrogen) atoms. The zero-order valence-electron chi connectivity index (χ0n) is 17.7. The Bertz CT molecular complexity index is 811. The number of hydrogen-bond donors (Lipinski definition) is 1. The molecule has 0 aromatic heterocycles. The van der Waals surface area contributed by atoms with E-state index in [-0.39, 0.29) is 5.97 Å². The number of carbonyl (C=O) groups excluding carboxylic acids is 1. The number of rotatable bonds is 6. The van der Waals surface area contributed by atoms with Crippen LogP contribution in [-0.4, -0.2) is 47.0 Å². The molecule has 1 saturated heterocycles. The highest BCUT2D eigenvalue weighted by atomic mass is 32.2. The van der Waals surface area contributed by atoms with Crippen molar-refractivity contribution in [2.45, 2.75) is 49.4 Å². The largest absolute Gasteiger partial charge is 0.426 e. The fraction of sp³-hybridized carbons (Fsp3) is 0.458. The van der Waals surface area contributed by atoms with Gasteiger partial charge in [0.25, 0.3) is 0 Å². The third-order valence-electron chi connectivity index (χ3n) is 5.89. The lowest BCUT2D eigenvalue weighted by atomic mass is 9.84. The van der Waals surface area contributed by atoms with Crippen molar-refractivity contribution >= 4 is 17.7 Å². The molecule has 5 heteroatoms. The highest BCUT2D eigenvalue weighted by Gasteiger charge is 2.46. The average Bonchev–Trinajstić information content (AvgIpc) is 2.72. The fourth-order valence-corrected chi connectivity index (χ4v) is 5.39. The van der Waals surface area contributed by atoms with Crippen LogP contribution < -0.4 is 4.74 Å². The number of nitrogens with zero attached hydrogens (tertiary/aromatic N) is 1. The van der Waals surface area contributed by atoms with E-state index >= 15 is 0 Å². The number of thioether (sulfide) groups is 1. The lowest BCUT2D eigenvalue weighted by molar-refractivity contribution is -0.143. The molecule has 1 aliphatic rings. The monoisotopic (exact) mass is 413 g/mol. The van der Waals surface area contributed by atoms with Crippen molar-refractivity contribution in [2.75, 3.05) is 20.1 Å². The van der Waals surface area contributed by atoms with Gasteiger partial charge in [0.15, 0.2) is 0 Å². The Morgan fingerprint density at radius 1 is 1.07 bits per heavy atom. The van der Waals surface area contributed by atoms with Crippen LogP contribution in [0.4, 0.5) is 0 Å². The molecule has 1 heterocycles. The van der Waals surface area contributed by atoms with Crippen molar-refractivity contribution in [3.05, 3.63) is 59.7 Å². The number of aliphatic hydroxyl groups is 1. The molecule has 2 aromatic rings. The van der Waals surface area contributed by atoms with E-state index in [4.69, 9.17) is 4.74 Å². The quantitative estimate of drug-likeness (QED) is 0.560. The molecule has 0 radical (unpaired) electrons.